The van der Waals surface area contributed by atoms with Gasteiger partial charge in [0.15, 0.2) is 0 Å². The van der Waals surface area contributed by atoms with Gasteiger partial charge in [0.1, 0.15) is 11.6 Å². The lowest BCUT2D eigenvalue weighted by Gasteiger charge is -2.38. The molecule has 2 bridgehead atoms. The molecule has 3 aliphatic heterocycles. The normalized spacial score (nSPS) is 33.0. The number of hydrogen-bond acceptors (Lipinski definition) is 5. The van der Waals surface area contributed by atoms with E-state index >= 15 is 0 Å². The number of rotatable bonds is 7. The van der Waals surface area contributed by atoms with Crippen LogP contribution < -0.4 is 10.6 Å². The van der Waals surface area contributed by atoms with E-state index in [1.165, 1.54) is 0 Å². The second-order valence-corrected chi connectivity index (χ2v) is 10.9. The zero-order valence-electron chi connectivity index (χ0n) is 19.1. The molecule has 3 rings (SSSR count). The Bertz CT molecular complexity index is 716. The van der Waals surface area contributed by atoms with E-state index in [2.05, 4.69) is 31.4 Å². The maximum absolute atomic E-state index is 13.6. The Morgan fingerprint density at radius 2 is 1.90 bits per heavy atom. The molecule has 30 heavy (non-hydrogen) atoms. The average Bonchev–Trinajstić information content (AvgIpc) is 3.24. The van der Waals surface area contributed by atoms with E-state index in [0.29, 0.717) is 19.3 Å². The van der Waals surface area contributed by atoms with Crippen LogP contribution in [0, 0.1) is 17.3 Å². The lowest BCUT2D eigenvalue weighted by Crippen LogP contribution is -2.59. The van der Waals surface area contributed by atoms with Gasteiger partial charge in [0.2, 0.25) is 17.7 Å². The second kappa shape index (κ2) is 7.79. The Hall–Kier alpha value is -1.67. The first-order valence-corrected chi connectivity index (χ1v) is 11.0. The van der Waals surface area contributed by atoms with E-state index in [1.54, 1.807) is 11.9 Å². The van der Waals surface area contributed by atoms with E-state index in [0.717, 1.165) is 6.42 Å². The largest absolute Gasteiger partial charge is 0.396 e. The zero-order chi connectivity index (χ0) is 22.5. The Morgan fingerprint density at radius 3 is 2.47 bits per heavy atom. The van der Waals surface area contributed by atoms with Gasteiger partial charge in [0.25, 0.3) is 0 Å². The fourth-order valence-electron chi connectivity index (χ4n) is 6.17. The van der Waals surface area contributed by atoms with Crippen LogP contribution in [0.15, 0.2) is 0 Å². The number of ether oxygens (including phenoxy) is 1. The van der Waals surface area contributed by atoms with Crippen molar-refractivity contribution in [3.63, 3.8) is 0 Å². The molecule has 3 N–H and O–H groups in total. The van der Waals surface area contributed by atoms with E-state index in [4.69, 9.17) is 4.74 Å². The van der Waals surface area contributed by atoms with Crippen molar-refractivity contribution in [2.24, 2.45) is 17.3 Å². The summed E-state index contributed by atoms with van der Waals surface area (Å²) in [5, 5.41) is 15.1. The minimum Gasteiger partial charge on any atom is -0.396 e. The number of aliphatic hydroxyl groups is 1. The Labute approximate surface area is 179 Å². The van der Waals surface area contributed by atoms with Gasteiger partial charge in [-0.2, -0.15) is 0 Å². The lowest BCUT2D eigenvalue weighted by atomic mass is 9.70. The van der Waals surface area contributed by atoms with Crippen LogP contribution in [0.25, 0.3) is 0 Å². The van der Waals surface area contributed by atoms with Gasteiger partial charge in [-0.1, -0.05) is 20.8 Å². The highest BCUT2D eigenvalue weighted by Gasteiger charge is 2.74. The van der Waals surface area contributed by atoms with E-state index in [-0.39, 0.29) is 42.4 Å². The molecule has 3 fully saturated rings. The third kappa shape index (κ3) is 3.84. The molecule has 0 saturated carbocycles. The molecule has 5 atom stereocenters. The Kier molecular flexibility index (Phi) is 5.97. The summed E-state index contributed by atoms with van der Waals surface area (Å²) >= 11 is 0. The molecular weight excluding hydrogens is 386 g/mol. The van der Waals surface area contributed by atoms with Crippen molar-refractivity contribution in [1.82, 2.24) is 15.5 Å². The van der Waals surface area contributed by atoms with Crippen LogP contribution in [-0.2, 0) is 19.1 Å². The molecule has 3 amide bonds. The fraction of sp³-hybridized carbons (Fsp3) is 0.864. The Morgan fingerprint density at radius 1 is 1.23 bits per heavy atom. The molecule has 3 heterocycles. The number of nitrogens with one attached hydrogen (secondary N) is 2. The summed E-state index contributed by atoms with van der Waals surface area (Å²) < 4.78 is 6.30. The predicted molar refractivity (Wildman–Crippen MR) is 111 cm³/mol. The SMILES string of the molecule is CNC(=O)[C@@H]1[C@H]2C(=O)N(CCCO)C(C(=O)NC(C)(C)CC(C)(C)C)C23CC[C@H]1O3. The number of nitrogens with zero attached hydrogens (tertiary/aromatic N) is 1. The van der Waals surface area contributed by atoms with Crippen molar-refractivity contribution < 1.29 is 24.2 Å². The van der Waals surface area contributed by atoms with Crippen molar-refractivity contribution in [3.8, 4) is 0 Å². The van der Waals surface area contributed by atoms with Crippen LogP contribution in [-0.4, -0.2) is 71.2 Å². The molecule has 0 aliphatic carbocycles. The number of hydrogen-bond donors (Lipinski definition) is 3. The smallest absolute Gasteiger partial charge is 0.246 e. The van der Waals surface area contributed by atoms with E-state index in [9.17, 15) is 19.5 Å². The molecular formula is C22H37N3O5. The van der Waals surface area contributed by atoms with Crippen molar-refractivity contribution in [2.45, 2.75) is 83.6 Å². The van der Waals surface area contributed by atoms with Crippen LogP contribution in [0.3, 0.4) is 0 Å². The van der Waals surface area contributed by atoms with Gasteiger partial charge in [-0.3, -0.25) is 14.4 Å². The summed E-state index contributed by atoms with van der Waals surface area (Å²) in [5.41, 5.74) is -1.42. The minimum absolute atomic E-state index is 0.0201. The highest BCUT2D eigenvalue weighted by atomic mass is 16.5. The zero-order valence-corrected chi connectivity index (χ0v) is 19.1. The number of fused-ring (bicyclic) bond motifs is 1. The first kappa shape index (κ1) is 23.0. The van der Waals surface area contributed by atoms with Gasteiger partial charge in [-0.15, -0.1) is 0 Å². The highest BCUT2D eigenvalue weighted by Crippen LogP contribution is 2.58. The number of likely N-dealkylation sites (tertiary alicyclic amines) is 1. The van der Waals surface area contributed by atoms with Crippen molar-refractivity contribution in [3.05, 3.63) is 0 Å². The van der Waals surface area contributed by atoms with Crippen LogP contribution in [0.5, 0.6) is 0 Å². The molecule has 0 aromatic carbocycles. The summed E-state index contributed by atoms with van der Waals surface area (Å²) in [6.45, 7) is 10.5. The molecule has 2 unspecified atom stereocenters. The molecule has 8 nitrogen and oxygen atoms in total. The lowest BCUT2D eigenvalue weighted by molar-refractivity contribution is -0.143. The van der Waals surface area contributed by atoms with E-state index in [1.807, 2.05) is 13.8 Å². The monoisotopic (exact) mass is 423 g/mol. The molecule has 3 aliphatic rings. The van der Waals surface area contributed by atoms with Gasteiger partial charge in [0, 0.05) is 25.7 Å². The summed E-state index contributed by atoms with van der Waals surface area (Å²) in [7, 11) is 1.56. The standard InChI is InChI=1S/C22H37N3O5/c1-20(2,3)12-21(4,5)24-18(28)16-22-9-8-13(30-22)14(17(27)23-6)15(22)19(29)25(16)10-7-11-26/h13-16,26H,7-12H2,1-6H3,(H,23,27)(H,24,28)/t13-,14+,15+,16?,22?/m1/s1. The summed E-state index contributed by atoms with van der Waals surface area (Å²) in [4.78, 5) is 41.1. The van der Waals surface area contributed by atoms with Crippen LogP contribution in [0.1, 0.15) is 60.3 Å². The molecule has 0 aromatic heterocycles. The van der Waals surface area contributed by atoms with Crippen molar-refractivity contribution in [1.29, 1.82) is 0 Å². The third-order valence-electron chi connectivity index (χ3n) is 6.59. The molecule has 1 spiro atoms. The van der Waals surface area contributed by atoms with Gasteiger partial charge in [-0.05, 0) is 44.9 Å². The summed E-state index contributed by atoms with van der Waals surface area (Å²) in [5.74, 6) is -1.90. The molecule has 3 saturated heterocycles. The van der Waals surface area contributed by atoms with Gasteiger partial charge < -0.3 is 25.4 Å². The summed E-state index contributed by atoms with van der Waals surface area (Å²) in [6.07, 6.45) is 2.04. The topological polar surface area (TPSA) is 108 Å². The van der Waals surface area contributed by atoms with Crippen molar-refractivity contribution in [2.75, 3.05) is 20.2 Å². The van der Waals surface area contributed by atoms with Crippen LogP contribution in [0.4, 0.5) is 0 Å². The van der Waals surface area contributed by atoms with Gasteiger partial charge in [-0.25, -0.2) is 0 Å². The van der Waals surface area contributed by atoms with Crippen LogP contribution >= 0.6 is 0 Å². The maximum atomic E-state index is 13.6. The first-order valence-electron chi connectivity index (χ1n) is 11.0. The van der Waals surface area contributed by atoms with Gasteiger partial charge in [0.05, 0.1) is 17.9 Å². The average molecular weight is 424 g/mol. The summed E-state index contributed by atoms with van der Waals surface area (Å²) in [6, 6.07) is -0.791. The minimum atomic E-state index is -0.976. The maximum Gasteiger partial charge on any atom is 0.246 e. The van der Waals surface area contributed by atoms with Gasteiger partial charge >= 0.3 is 0 Å². The fourth-order valence-corrected chi connectivity index (χ4v) is 6.17. The Balaban J connectivity index is 1.93. The third-order valence-corrected chi connectivity index (χ3v) is 6.59. The predicted octanol–water partition coefficient (Wildman–Crippen LogP) is 0.820. The quantitative estimate of drug-likeness (QED) is 0.562. The number of carbonyl (C=O) groups is 3. The molecule has 0 aromatic rings. The number of carbonyl (C=O) groups excluding carboxylic acids is 3. The van der Waals surface area contributed by atoms with E-state index < -0.39 is 29.0 Å². The number of amides is 3. The molecule has 8 heteroatoms. The van der Waals surface area contributed by atoms with Crippen molar-refractivity contribution >= 4 is 17.7 Å². The first-order chi connectivity index (χ1) is 13.9. The van der Waals surface area contributed by atoms with Crippen LogP contribution in [0.2, 0.25) is 0 Å². The molecule has 170 valence electrons. The molecule has 0 radical (unpaired) electrons. The highest BCUT2D eigenvalue weighted by molar-refractivity contribution is 5.99. The number of aliphatic hydroxyl groups excluding tert-OH is 1. The second-order valence-electron chi connectivity index (χ2n) is 10.9.